The molecule has 0 amide bonds. The van der Waals surface area contributed by atoms with Crippen LogP contribution in [0, 0.1) is 6.92 Å². The zero-order valence-electron chi connectivity index (χ0n) is 6.74. The van der Waals surface area contributed by atoms with Gasteiger partial charge in [-0.15, -0.1) is 0 Å². The Morgan fingerprint density at radius 2 is 1.90 bits per heavy atom. The van der Waals surface area contributed by atoms with Crippen LogP contribution in [0.4, 0.5) is 0 Å². The van der Waals surface area contributed by atoms with Crippen LogP contribution in [-0.2, 0) is 4.74 Å². The van der Waals surface area contributed by atoms with Crippen LogP contribution in [0.2, 0.25) is 0 Å². The van der Waals surface area contributed by atoms with Gasteiger partial charge in [-0.1, -0.05) is 13.8 Å². The number of hydrogen-bond acceptors (Lipinski definition) is 1. The summed E-state index contributed by atoms with van der Waals surface area (Å²) >= 11 is 0. The molecule has 10 heavy (non-hydrogen) atoms. The molecule has 0 aromatic carbocycles. The minimum absolute atomic E-state index is 0. The summed E-state index contributed by atoms with van der Waals surface area (Å²) in [6.45, 7) is 10.8. The maximum atomic E-state index is 5.47. The molecule has 0 aliphatic rings. The molecule has 0 rings (SSSR count). The first-order chi connectivity index (χ1) is 4.12. The predicted molar refractivity (Wildman–Crippen MR) is 47.4 cm³/mol. The molecule has 1 radical (unpaired) electrons. The van der Waals surface area contributed by atoms with Crippen molar-refractivity contribution in [2.45, 2.75) is 39.2 Å². The van der Waals surface area contributed by atoms with Gasteiger partial charge >= 0.3 is 18.9 Å². The van der Waals surface area contributed by atoms with Gasteiger partial charge in [0.05, 0.1) is 5.60 Å². The van der Waals surface area contributed by atoms with Crippen molar-refractivity contribution < 1.29 is 4.74 Å². The average molecular weight is 137 g/mol. The van der Waals surface area contributed by atoms with E-state index >= 15 is 0 Å². The zero-order valence-corrected chi connectivity index (χ0v) is 6.74. The second kappa shape index (κ2) is 6.28. The van der Waals surface area contributed by atoms with E-state index in [1.165, 1.54) is 0 Å². The van der Waals surface area contributed by atoms with Crippen LogP contribution in [0.15, 0.2) is 0 Å². The quantitative estimate of drug-likeness (QED) is 0.536. The molecule has 2 heteroatoms. The van der Waals surface area contributed by atoms with E-state index in [0.29, 0.717) is 0 Å². The summed E-state index contributed by atoms with van der Waals surface area (Å²) in [5.41, 5.74) is 0.0533. The van der Waals surface area contributed by atoms with Gasteiger partial charge in [-0.3, -0.25) is 0 Å². The zero-order chi connectivity index (χ0) is 7.33. The van der Waals surface area contributed by atoms with E-state index in [1.54, 1.807) is 0 Å². The normalized spacial score (nSPS) is 10.8. The average Bonchev–Trinajstić information content (AvgIpc) is 1.84. The number of rotatable bonds is 4. The van der Waals surface area contributed by atoms with Gasteiger partial charge in [-0.25, -0.2) is 0 Å². The second-order valence-corrected chi connectivity index (χ2v) is 2.82. The Hall–Kier alpha value is 0.557. The van der Waals surface area contributed by atoms with Crippen LogP contribution in [0.1, 0.15) is 33.6 Å². The molecule has 0 fully saturated rings. The molecule has 0 heterocycles. The molecule has 0 aliphatic carbocycles. The Morgan fingerprint density at radius 3 is 2.20 bits per heavy atom. The number of ether oxygens (including phenoxy) is 1. The Kier molecular flexibility index (Phi) is 8.27. The molecule has 0 atom stereocenters. The maximum absolute atomic E-state index is 5.47. The van der Waals surface area contributed by atoms with Crippen molar-refractivity contribution >= 4 is 18.9 Å². The van der Waals surface area contributed by atoms with Crippen LogP contribution < -0.4 is 0 Å². The molecule has 57 valence electrons. The summed E-state index contributed by atoms with van der Waals surface area (Å²) in [5.74, 6) is 0. The Labute approximate surface area is 76.7 Å². The molecule has 0 aromatic heterocycles. The van der Waals surface area contributed by atoms with E-state index in [4.69, 9.17) is 4.74 Å². The standard InChI is InChI=1S/C8H17O.Li.H/c1-5-7-9-8(3,4)6-2;;/h1,5-7H2,2-4H3;;. The fourth-order valence-electron chi connectivity index (χ4n) is 0.451. The van der Waals surface area contributed by atoms with Crippen molar-refractivity contribution in [2.75, 3.05) is 6.61 Å². The van der Waals surface area contributed by atoms with Gasteiger partial charge < -0.3 is 4.74 Å². The van der Waals surface area contributed by atoms with Crippen molar-refractivity contribution in [1.29, 1.82) is 0 Å². The van der Waals surface area contributed by atoms with Crippen molar-refractivity contribution in [2.24, 2.45) is 0 Å². The third-order valence-corrected chi connectivity index (χ3v) is 1.49. The van der Waals surface area contributed by atoms with E-state index in [0.717, 1.165) is 19.4 Å². The summed E-state index contributed by atoms with van der Waals surface area (Å²) < 4.78 is 5.47. The fraction of sp³-hybridized carbons (Fsp3) is 0.875. The minimum atomic E-state index is 0. The van der Waals surface area contributed by atoms with Crippen molar-refractivity contribution in [3.8, 4) is 0 Å². The van der Waals surface area contributed by atoms with Gasteiger partial charge in [0, 0.05) is 6.61 Å². The van der Waals surface area contributed by atoms with Gasteiger partial charge in [0.25, 0.3) is 0 Å². The molecule has 0 aliphatic heterocycles. The monoisotopic (exact) mass is 137 g/mol. The van der Waals surface area contributed by atoms with E-state index in [9.17, 15) is 0 Å². The molecule has 0 spiro atoms. The molecular formula is C8H18LiO. The molecule has 1 nitrogen and oxygen atoms in total. The van der Waals surface area contributed by atoms with Gasteiger partial charge in [0.1, 0.15) is 0 Å². The van der Waals surface area contributed by atoms with Gasteiger partial charge in [-0.2, -0.15) is 0 Å². The van der Waals surface area contributed by atoms with Crippen molar-refractivity contribution in [3.05, 3.63) is 6.92 Å². The predicted octanol–water partition coefficient (Wildman–Crippen LogP) is 1.77. The second-order valence-electron chi connectivity index (χ2n) is 2.82. The van der Waals surface area contributed by atoms with Crippen LogP contribution in [0.5, 0.6) is 0 Å². The third-order valence-electron chi connectivity index (χ3n) is 1.49. The van der Waals surface area contributed by atoms with Crippen molar-refractivity contribution in [1.82, 2.24) is 0 Å². The van der Waals surface area contributed by atoms with Crippen LogP contribution >= 0.6 is 0 Å². The Balaban J connectivity index is 0. The van der Waals surface area contributed by atoms with E-state index in [2.05, 4.69) is 27.7 Å². The third kappa shape index (κ3) is 6.67. The topological polar surface area (TPSA) is 9.23 Å². The van der Waals surface area contributed by atoms with E-state index in [-0.39, 0.29) is 24.5 Å². The molecule has 0 bridgehead atoms. The summed E-state index contributed by atoms with van der Waals surface area (Å²) in [5, 5.41) is 0. The summed E-state index contributed by atoms with van der Waals surface area (Å²) in [6.07, 6.45) is 1.93. The van der Waals surface area contributed by atoms with Gasteiger partial charge in [0.15, 0.2) is 0 Å². The first kappa shape index (κ1) is 13.2. The molecule has 0 aromatic rings. The molecule has 0 N–H and O–H groups in total. The summed E-state index contributed by atoms with van der Waals surface area (Å²) in [7, 11) is 0. The van der Waals surface area contributed by atoms with Crippen molar-refractivity contribution in [3.63, 3.8) is 0 Å². The van der Waals surface area contributed by atoms with Gasteiger partial charge in [0.2, 0.25) is 0 Å². The first-order valence-electron chi connectivity index (χ1n) is 3.55. The number of hydrogen-bond donors (Lipinski definition) is 0. The Bertz CT molecular complexity index is 71.7. The Morgan fingerprint density at radius 1 is 1.40 bits per heavy atom. The fourth-order valence-corrected chi connectivity index (χ4v) is 0.451. The summed E-state index contributed by atoms with van der Waals surface area (Å²) in [6, 6.07) is 0. The van der Waals surface area contributed by atoms with Crippen LogP contribution in [0.3, 0.4) is 0 Å². The van der Waals surface area contributed by atoms with E-state index < -0.39 is 0 Å². The van der Waals surface area contributed by atoms with Crippen LogP contribution in [0.25, 0.3) is 0 Å². The molecule has 0 unspecified atom stereocenters. The van der Waals surface area contributed by atoms with E-state index in [1.807, 2.05) is 0 Å². The first-order valence-corrected chi connectivity index (χ1v) is 3.55. The SMILES string of the molecule is [CH2]CCOC(C)(C)CC.[LiH]. The van der Waals surface area contributed by atoms with Crippen LogP contribution in [-0.4, -0.2) is 31.1 Å². The van der Waals surface area contributed by atoms with Gasteiger partial charge in [-0.05, 0) is 26.7 Å². The molecule has 0 saturated heterocycles. The molecule has 0 saturated carbocycles. The molecular weight excluding hydrogens is 119 g/mol. The summed E-state index contributed by atoms with van der Waals surface area (Å²) in [4.78, 5) is 0.